The van der Waals surface area contributed by atoms with Gasteiger partial charge in [0, 0.05) is 24.3 Å². The maximum atomic E-state index is 11.3. The van der Waals surface area contributed by atoms with Gasteiger partial charge in [0.05, 0.1) is 6.42 Å². The van der Waals surface area contributed by atoms with Crippen molar-refractivity contribution in [3.05, 3.63) is 29.3 Å². The van der Waals surface area contributed by atoms with Gasteiger partial charge in [-0.3, -0.25) is 4.79 Å². The number of rotatable bonds is 5. The van der Waals surface area contributed by atoms with E-state index in [-0.39, 0.29) is 5.91 Å². The first-order valence-electron chi connectivity index (χ1n) is 6.59. The number of amides is 1. The van der Waals surface area contributed by atoms with Crippen LogP contribution < -0.4 is 16.0 Å². The maximum absolute atomic E-state index is 11.3. The first-order valence-corrected chi connectivity index (χ1v) is 6.59. The molecule has 1 aliphatic heterocycles. The van der Waals surface area contributed by atoms with E-state index < -0.39 is 0 Å². The fourth-order valence-corrected chi connectivity index (χ4v) is 2.42. The summed E-state index contributed by atoms with van der Waals surface area (Å²) in [6, 6.07) is 7.28. The number of carbonyl (C=O) groups is 1. The minimum atomic E-state index is 0.0965. The van der Waals surface area contributed by atoms with E-state index in [1.807, 2.05) is 13.1 Å². The highest BCUT2D eigenvalue weighted by Gasteiger charge is 2.23. The van der Waals surface area contributed by atoms with Crippen molar-refractivity contribution in [2.75, 3.05) is 18.9 Å². The van der Waals surface area contributed by atoms with E-state index in [4.69, 9.17) is 0 Å². The molecule has 1 aliphatic carbocycles. The molecule has 1 saturated carbocycles. The molecule has 1 unspecified atom stereocenters. The lowest BCUT2D eigenvalue weighted by Crippen LogP contribution is -2.30. The highest BCUT2D eigenvalue weighted by atomic mass is 16.1. The molecule has 0 radical (unpaired) electrons. The zero-order valence-corrected chi connectivity index (χ0v) is 10.6. The van der Waals surface area contributed by atoms with Crippen LogP contribution in [0.5, 0.6) is 0 Å². The molecule has 1 fully saturated rings. The van der Waals surface area contributed by atoms with Crippen LogP contribution >= 0.6 is 0 Å². The quantitative estimate of drug-likeness (QED) is 0.730. The Labute approximate surface area is 107 Å². The molecule has 18 heavy (non-hydrogen) atoms. The molecular weight excluding hydrogens is 226 g/mol. The van der Waals surface area contributed by atoms with Gasteiger partial charge < -0.3 is 16.0 Å². The number of hydrogen-bond donors (Lipinski definition) is 3. The maximum Gasteiger partial charge on any atom is 0.228 e. The Morgan fingerprint density at radius 3 is 3.00 bits per heavy atom. The van der Waals surface area contributed by atoms with Crippen molar-refractivity contribution in [2.45, 2.75) is 31.3 Å². The van der Waals surface area contributed by atoms with Crippen molar-refractivity contribution < 1.29 is 4.79 Å². The number of likely N-dealkylation sites (N-methyl/N-ethyl adjacent to an activating group) is 1. The second kappa shape index (κ2) is 4.71. The number of anilines is 1. The van der Waals surface area contributed by atoms with E-state index in [0.717, 1.165) is 23.8 Å². The molecule has 1 heterocycles. The highest BCUT2D eigenvalue weighted by Crippen LogP contribution is 2.27. The van der Waals surface area contributed by atoms with Gasteiger partial charge in [-0.1, -0.05) is 12.1 Å². The number of hydrogen-bond acceptors (Lipinski definition) is 3. The van der Waals surface area contributed by atoms with Gasteiger partial charge in [-0.25, -0.2) is 0 Å². The third-order valence-electron chi connectivity index (χ3n) is 3.69. The van der Waals surface area contributed by atoms with E-state index in [2.05, 4.69) is 28.1 Å². The van der Waals surface area contributed by atoms with Crippen molar-refractivity contribution in [1.29, 1.82) is 0 Å². The summed E-state index contributed by atoms with van der Waals surface area (Å²) in [6.45, 7) is 0.946. The fourth-order valence-electron chi connectivity index (χ4n) is 2.42. The summed E-state index contributed by atoms with van der Waals surface area (Å²) in [7, 11) is 1.98. The summed E-state index contributed by atoms with van der Waals surface area (Å²) in [4.78, 5) is 11.3. The van der Waals surface area contributed by atoms with Gasteiger partial charge in [-0.2, -0.15) is 0 Å². The second-order valence-electron chi connectivity index (χ2n) is 5.17. The van der Waals surface area contributed by atoms with Crippen LogP contribution in [0.2, 0.25) is 0 Å². The number of nitrogens with one attached hydrogen (secondary N) is 3. The Hall–Kier alpha value is -1.39. The molecule has 1 aromatic carbocycles. The first kappa shape index (κ1) is 11.7. The van der Waals surface area contributed by atoms with Gasteiger partial charge in [0.25, 0.3) is 0 Å². The Morgan fingerprint density at radius 1 is 1.44 bits per heavy atom. The molecule has 0 aromatic heterocycles. The lowest BCUT2D eigenvalue weighted by Gasteiger charge is -2.18. The Bertz CT molecular complexity index is 468. The SMILES string of the molecule is CNC(CNC1CC1)c1ccc2c(c1)CC(=O)N2. The summed E-state index contributed by atoms with van der Waals surface area (Å²) >= 11 is 0. The predicted molar refractivity (Wildman–Crippen MR) is 71.6 cm³/mol. The van der Waals surface area contributed by atoms with Crippen LogP contribution in [0.25, 0.3) is 0 Å². The van der Waals surface area contributed by atoms with Crippen LogP contribution in [0, 0.1) is 0 Å². The van der Waals surface area contributed by atoms with Gasteiger partial charge in [0.15, 0.2) is 0 Å². The topological polar surface area (TPSA) is 53.2 Å². The molecule has 3 N–H and O–H groups in total. The molecule has 4 heteroatoms. The summed E-state index contributed by atoms with van der Waals surface area (Å²) in [5.74, 6) is 0.0965. The lowest BCUT2D eigenvalue weighted by atomic mass is 10.0. The van der Waals surface area contributed by atoms with E-state index in [9.17, 15) is 4.79 Å². The molecule has 1 aromatic rings. The van der Waals surface area contributed by atoms with Crippen LogP contribution in [0.15, 0.2) is 18.2 Å². The van der Waals surface area contributed by atoms with E-state index in [1.165, 1.54) is 18.4 Å². The standard InChI is InChI=1S/C14H19N3O/c1-15-13(8-16-11-3-4-11)9-2-5-12-10(6-9)7-14(18)17-12/h2,5-6,11,13,15-16H,3-4,7-8H2,1H3,(H,17,18). The molecule has 2 aliphatic rings. The van der Waals surface area contributed by atoms with E-state index >= 15 is 0 Å². The molecule has 0 bridgehead atoms. The van der Waals surface area contributed by atoms with Crippen molar-refractivity contribution in [3.63, 3.8) is 0 Å². The smallest absolute Gasteiger partial charge is 0.228 e. The minimum Gasteiger partial charge on any atom is -0.326 e. The van der Waals surface area contributed by atoms with Gasteiger partial charge in [0.2, 0.25) is 5.91 Å². The molecule has 0 spiro atoms. The zero-order chi connectivity index (χ0) is 12.5. The number of fused-ring (bicyclic) bond motifs is 1. The largest absolute Gasteiger partial charge is 0.326 e. The molecule has 4 nitrogen and oxygen atoms in total. The zero-order valence-electron chi connectivity index (χ0n) is 10.6. The Morgan fingerprint density at radius 2 is 2.28 bits per heavy atom. The third kappa shape index (κ3) is 2.40. The summed E-state index contributed by atoms with van der Waals surface area (Å²) < 4.78 is 0. The molecule has 1 amide bonds. The lowest BCUT2D eigenvalue weighted by molar-refractivity contribution is -0.115. The van der Waals surface area contributed by atoms with Crippen molar-refractivity contribution in [2.24, 2.45) is 0 Å². The molecular formula is C14H19N3O. The van der Waals surface area contributed by atoms with Crippen LogP contribution in [0.4, 0.5) is 5.69 Å². The van der Waals surface area contributed by atoms with Crippen molar-refractivity contribution in [1.82, 2.24) is 10.6 Å². The van der Waals surface area contributed by atoms with Crippen molar-refractivity contribution in [3.8, 4) is 0 Å². The van der Waals surface area contributed by atoms with Crippen LogP contribution in [-0.4, -0.2) is 25.5 Å². The molecule has 1 atom stereocenters. The van der Waals surface area contributed by atoms with Gasteiger partial charge in [-0.05, 0) is 37.1 Å². The monoisotopic (exact) mass is 245 g/mol. The van der Waals surface area contributed by atoms with Gasteiger partial charge in [-0.15, -0.1) is 0 Å². The van der Waals surface area contributed by atoms with Crippen molar-refractivity contribution >= 4 is 11.6 Å². The minimum absolute atomic E-state index is 0.0965. The number of carbonyl (C=O) groups excluding carboxylic acids is 1. The van der Waals surface area contributed by atoms with Crippen LogP contribution in [0.1, 0.15) is 30.0 Å². The average Bonchev–Trinajstić information content (AvgIpc) is 3.10. The predicted octanol–water partition coefficient (Wildman–Crippen LogP) is 1.19. The Kier molecular flexibility index (Phi) is 3.06. The van der Waals surface area contributed by atoms with E-state index in [0.29, 0.717) is 12.5 Å². The van der Waals surface area contributed by atoms with Gasteiger partial charge in [0.1, 0.15) is 0 Å². The normalized spacial score (nSPS) is 19.5. The van der Waals surface area contributed by atoms with E-state index in [1.54, 1.807) is 0 Å². The average molecular weight is 245 g/mol. The second-order valence-corrected chi connectivity index (χ2v) is 5.17. The Balaban J connectivity index is 1.73. The fraction of sp³-hybridized carbons (Fsp3) is 0.500. The summed E-state index contributed by atoms with van der Waals surface area (Å²) in [5, 5.41) is 9.74. The van der Waals surface area contributed by atoms with Crippen LogP contribution in [0.3, 0.4) is 0 Å². The third-order valence-corrected chi connectivity index (χ3v) is 3.69. The number of benzene rings is 1. The molecule has 0 saturated heterocycles. The first-order chi connectivity index (χ1) is 8.76. The summed E-state index contributed by atoms with van der Waals surface area (Å²) in [6.07, 6.45) is 3.12. The highest BCUT2D eigenvalue weighted by molar-refractivity contribution is 5.99. The van der Waals surface area contributed by atoms with Gasteiger partial charge >= 0.3 is 0 Å². The molecule has 96 valence electrons. The summed E-state index contributed by atoms with van der Waals surface area (Å²) in [5.41, 5.74) is 3.33. The molecule has 3 rings (SSSR count). The van der Waals surface area contributed by atoms with Crippen LogP contribution in [-0.2, 0) is 11.2 Å².